The van der Waals surface area contributed by atoms with E-state index in [1.54, 1.807) is 47.4 Å². The molecule has 0 bridgehead atoms. The first-order valence-corrected chi connectivity index (χ1v) is 8.40. The minimum Gasteiger partial charge on any atom is -0.478 e. The molecule has 1 aromatic heterocycles. The molecular weight excluding hydrogens is 330 g/mol. The van der Waals surface area contributed by atoms with E-state index < -0.39 is 16.0 Å². The quantitative estimate of drug-likeness (QED) is 0.740. The Morgan fingerprint density at radius 3 is 2.46 bits per heavy atom. The van der Waals surface area contributed by atoms with E-state index in [1.807, 2.05) is 0 Å². The molecule has 24 heavy (non-hydrogen) atoms. The first-order chi connectivity index (χ1) is 11.5. The molecule has 0 aliphatic rings. The maximum absolute atomic E-state index is 12.4. The van der Waals surface area contributed by atoms with Gasteiger partial charge >= 0.3 is 5.97 Å². The Morgan fingerprint density at radius 1 is 1.08 bits per heavy atom. The first kappa shape index (κ1) is 15.8. The summed E-state index contributed by atoms with van der Waals surface area (Å²) in [4.78, 5) is 10.8. The molecule has 0 saturated carbocycles. The molecular formula is C16H13N3O4S. The van der Waals surface area contributed by atoms with Crippen molar-refractivity contribution in [2.45, 2.75) is 4.90 Å². The van der Waals surface area contributed by atoms with Gasteiger partial charge < -0.3 is 5.11 Å². The monoisotopic (exact) mass is 343 g/mol. The van der Waals surface area contributed by atoms with E-state index in [-0.39, 0.29) is 10.5 Å². The first-order valence-electron chi connectivity index (χ1n) is 6.92. The molecule has 2 aromatic carbocycles. The molecule has 8 heteroatoms. The Morgan fingerprint density at radius 2 is 1.83 bits per heavy atom. The minimum absolute atomic E-state index is 0.0167. The summed E-state index contributed by atoms with van der Waals surface area (Å²) in [5, 5.41) is 13.0. The summed E-state index contributed by atoms with van der Waals surface area (Å²) in [6.45, 7) is 0. The number of anilines is 1. The van der Waals surface area contributed by atoms with Crippen LogP contribution in [0.3, 0.4) is 0 Å². The van der Waals surface area contributed by atoms with Gasteiger partial charge in [0.15, 0.2) is 0 Å². The van der Waals surface area contributed by atoms with Gasteiger partial charge in [0.2, 0.25) is 0 Å². The second kappa shape index (κ2) is 6.17. The molecule has 0 fully saturated rings. The van der Waals surface area contributed by atoms with Crippen LogP contribution in [0, 0.1) is 0 Å². The highest BCUT2D eigenvalue weighted by molar-refractivity contribution is 7.92. The van der Waals surface area contributed by atoms with Crippen LogP contribution in [-0.4, -0.2) is 29.3 Å². The largest absolute Gasteiger partial charge is 0.478 e. The lowest BCUT2D eigenvalue weighted by Crippen LogP contribution is -2.13. The summed E-state index contributed by atoms with van der Waals surface area (Å²) in [5.41, 5.74) is 1.11. The van der Waals surface area contributed by atoms with Crippen LogP contribution < -0.4 is 4.72 Å². The lowest BCUT2D eigenvalue weighted by Gasteiger charge is -2.10. The van der Waals surface area contributed by atoms with E-state index in [2.05, 4.69) is 9.82 Å². The second-order valence-corrected chi connectivity index (χ2v) is 6.62. The molecule has 0 radical (unpaired) electrons. The number of hydrogen-bond donors (Lipinski definition) is 2. The molecule has 0 aliphatic carbocycles. The van der Waals surface area contributed by atoms with E-state index in [1.165, 1.54) is 24.3 Å². The van der Waals surface area contributed by atoms with E-state index in [9.17, 15) is 13.2 Å². The Balaban J connectivity index is 1.87. The molecule has 0 amide bonds. The topological polar surface area (TPSA) is 101 Å². The second-order valence-electron chi connectivity index (χ2n) is 4.94. The number of aromatic carboxylic acids is 1. The van der Waals surface area contributed by atoms with Gasteiger partial charge in [-0.15, -0.1) is 0 Å². The van der Waals surface area contributed by atoms with Gasteiger partial charge in [-0.05, 0) is 48.5 Å². The highest BCUT2D eigenvalue weighted by atomic mass is 32.2. The zero-order valence-electron chi connectivity index (χ0n) is 12.3. The minimum atomic E-state index is -3.81. The van der Waals surface area contributed by atoms with Gasteiger partial charge in [0.1, 0.15) is 0 Å². The molecule has 0 atom stereocenters. The molecule has 2 N–H and O–H groups in total. The molecule has 0 saturated heterocycles. The maximum atomic E-state index is 12.4. The number of carboxylic acid groups (broad SMARTS) is 1. The smallest absolute Gasteiger partial charge is 0.335 e. The van der Waals surface area contributed by atoms with Crippen LogP contribution in [0.15, 0.2) is 71.9 Å². The molecule has 3 rings (SSSR count). The van der Waals surface area contributed by atoms with E-state index in [0.717, 1.165) is 0 Å². The Labute approximate surface area is 138 Å². The number of benzene rings is 2. The van der Waals surface area contributed by atoms with Gasteiger partial charge in [0.25, 0.3) is 10.0 Å². The zero-order chi connectivity index (χ0) is 17.2. The molecule has 122 valence electrons. The lowest BCUT2D eigenvalue weighted by molar-refractivity contribution is 0.0696. The number of sulfonamides is 1. The number of carboxylic acids is 1. The van der Waals surface area contributed by atoms with Crippen molar-refractivity contribution >= 4 is 21.7 Å². The molecule has 3 aromatic rings. The van der Waals surface area contributed by atoms with Crippen LogP contribution in [-0.2, 0) is 10.0 Å². The molecule has 0 aliphatic heterocycles. The summed E-state index contributed by atoms with van der Waals surface area (Å²) in [7, 11) is -3.81. The van der Waals surface area contributed by atoms with E-state index in [0.29, 0.717) is 11.4 Å². The van der Waals surface area contributed by atoms with Crippen molar-refractivity contribution < 1.29 is 18.3 Å². The van der Waals surface area contributed by atoms with E-state index >= 15 is 0 Å². The van der Waals surface area contributed by atoms with Gasteiger partial charge in [0, 0.05) is 12.4 Å². The summed E-state index contributed by atoms with van der Waals surface area (Å²) in [5.74, 6) is -1.11. The van der Waals surface area contributed by atoms with Crippen LogP contribution in [0.4, 0.5) is 5.69 Å². The average molecular weight is 343 g/mol. The van der Waals surface area contributed by atoms with Crippen LogP contribution in [0.1, 0.15) is 10.4 Å². The predicted octanol–water partition coefficient (Wildman–Crippen LogP) is 2.37. The van der Waals surface area contributed by atoms with Gasteiger partial charge in [0.05, 0.1) is 21.8 Å². The highest BCUT2D eigenvalue weighted by Gasteiger charge is 2.15. The van der Waals surface area contributed by atoms with Crippen LogP contribution in [0.25, 0.3) is 5.69 Å². The Hall–Kier alpha value is -3.13. The normalized spacial score (nSPS) is 11.2. The molecule has 0 unspecified atom stereocenters. The summed E-state index contributed by atoms with van der Waals surface area (Å²) < 4.78 is 28.9. The number of rotatable bonds is 5. The fourth-order valence-corrected chi connectivity index (χ4v) is 3.17. The molecule has 1 heterocycles. The van der Waals surface area contributed by atoms with Crippen molar-refractivity contribution in [1.82, 2.24) is 9.78 Å². The summed E-state index contributed by atoms with van der Waals surface area (Å²) >= 11 is 0. The van der Waals surface area contributed by atoms with Crippen molar-refractivity contribution in [2.75, 3.05) is 4.72 Å². The third kappa shape index (κ3) is 3.28. The maximum Gasteiger partial charge on any atom is 0.335 e. The van der Waals surface area contributed by atoms with Crippen LogP contribution in [0.5, 0.6) is 0 Å². The van der Waals surface area contributed by atoms with Crippen molar-refractivity contribution in [2.24, 2.45) is 0 Å². The van der Waals surface area contributed by atoms with Gasteiger partial charge in [-0.3, -0.25) is 4.72 Å². The van der Waals surface area contributed by atoms with Crippen molar-refractivity contribution in [1.29, 1.82) is 0 Å². The van der Waals surface area contributed by atoms with E-state index in [4.69, 9.17) is 5.11 Å². The SMILES string of the molecule is O=C(O)c1ccc(S(=O)(=O)Nc2cccc(-n3cccn3)c2)cc1. The van der Waals surface area contributed by atoms with Crippen LogP contribution in [0.2, 0.25) is 0 Å². The third-order valence-corrected chi connectivity index (χ3v) is 4.68. The fraction of sp³-hybridized carbons (Fsp3) is 0. The predicted molar refractivity (Wildman–Crippen MR) is 87.8 cm³/mol. The lowest BCUT2D eigenvalue weighted by atomic mass is 10.2. The summed E-state index contributed by atoms with van der Waals surface area (Å²) in [6.07, 6.45) is 3.37. The standard InChI is InChI=1S/C16H13N3O4S/c20-16(21)12-5-7-15(8-6-12)24(22,23)18-13-3-1-4-14(11-13)19-10-2-9-17-19/h1-11,18H,(H,20,21). The van der Waals surface area contributed by atoms with Gasteiger partial charge in [-0.25, -0.2) is 17.9 Å². The summed E-state index contributed by atoms with van der Waals surface area (Å²) in [6, 6.07) is 13.5. The average Bonchev–Trinajstić information content (AvgIpc) is 3.09. The highest BCUT2D eigenvalue weighted by Crippen LogP contribution is 2.19. The fourth-order valence-electron chi connectivity index (χ4n) is 2.12. The van der Waals surface area contributed by atoms with Crippen molar-refractivity contribution in [3.8, 4) is 5.69 Å². The van der Waals surface area contributed by atoms with Gasteiger partial charge in [-0.2, -0.15) is 5.10 Å². The van der Waals surface area contributed by atoms with Gasteiger partial charge in [-0.1, -0.05) is 6.07 Å². The number of hydrogen-bond acceptors (Lipinski definition) is 4. The van der Waals surface area contributed by atoms with Crippen molar-refractivity contribution in [3.63, 3.8) is 0 Å². The third-order valence-electron chi connectivity index (χ3n) is 3.28. The Kier molecular flexibility index (Phi) is 4.05. The van der Waals surface area contributed by atoms with Crippen LogP contribution >= 0.6 is 0 Å². The zero-order valence-corrected chi connectivity index (χ0v) is 13.1. The Bertz CT molecular complexity index is 965. The van der Waals surface area contributed by atoms with Crippen molar-refractivity contribution in [3.05, 3.63) is 72.6 Å². The number of nitrogens with one attached hydrogen (secondary N) is 1. The number of nitrogens with zero attached hydrogens (tertiary/aromatic N) is 2. The number of carbonyl (C=O) groups is 1. The molecule has 7 nitrogen and oxygen atoms in total. The number of aromatic nitrogens is 2. The molecule has 0 spiro atoms.